The van der Waals surface area contributed by atoms with Gasteiger partial charge in [0.15, 0.2) is 0 Å². The number of fused-ring (bicyclic) bond motifs is 1. The minimum absolute atomic E-state index is 0.182. The Morgan fingerprint density at radius 1 is 0.938 bits per heavy atom. The summed E-state index contributed by atoms with van der Waals surface area (Å²) in [4.78, 5) is 12.5. The number of nitrogens with one attached hydrogen (secondary N) is 1. The third kappa shape index (κ3) is 5.64. The fraction of sp³-hybridized carbons (Fsp3) is 0.0769. The molecule has 4 nitrogen and oxygen atoms in total. The number of amides is 1. The number of hydrogen-bond acceptors (Lipinski definition) is 3. The summed E-state index contributed by atoms with van der Waals surface area (Å²) in [6, 6.07) is 27.7. The zero-order valence-corrected chi connectivity index (χ0v) is 20.3. The lowest BCUT2D eigenvalue weighted by molar-refractivity contribution is -0.120. The molecule has 32 heavy (non-hydrogen) atoms. The minimum Gasteiger partial charge on any atom is -0.487 e. The van der Waals surface area contributed by atoms with E-state index in [0.29, 0.717) is 12.4 Å². The molecule has 0 spiro atoms. The summed E-state index contributed by atoms with van der Waals surface area (Å²) in [5.41, 5.74) is 5.40. The van der Waals surface area contributed by atoms with Crippen LogP contribution in [0.1, 0.15) is 16.7 Å². The van der Waals surface area contributed by atoms with Gasteiger partial charge in [0.2, 0.25) is 5.91 Å². The van der Waals surface area contributed by atoms with Gasteiger partial charge >= 0.3 is 0 Å². The lowest BCUT2D eigenvalue weighted by Gasteiger charge is -2.12. The number of hydrogen-bond donors (Lipinski definition) is 1. The largest absolute Gasteiger partial charge is 0.487 e. The predicted molar refractivity (Wildman–Crippen MR) is 136 cm³/mol. The molecule has 4 aromatic carbocycles. The van der Waals surface area contributed by atoms with E-state index in [-0.39, 0.29) is 12.3 Å². The van der Waals surface area contributed by atoms with Crippen molar-refractivity contribution < 1.29 is 9.53 Å². The van der Waals surface area contributed by atoms with E-state index in [9.17, 15) is 4.79 Å². The number of ether oxygens (including phenoxy) is 1. The fourth-order valence-electron chi connectivity index (χ4n) is 3.39. The Morgan fingerprint density at radius 3 is 2.53 bits per heavy atom. The molecule has 0 aromatic heterocycles. The van der Waals surface area contributed by atoms with Gasteiger partial charge in [-0.1, -0.05) is 88.7 Å². The second-order valence-corrected chi connectivity index (χ2v) is 8.96. The summed E-state index contributed by atoms with van der Waals surface area (Å²) in [6.45, 7) is 0.426. The number of carbonyl (C=O) groups is 1. The second kappa shape index (κ2) is 10.6. The third-order valence-corrected chi connectivity index (χ3v) is 5.93. The molecule has 0 bridgehead atoms. The molecule has 0 atom stereocenters. The summed E-state index contributed by atoms with van der Waals surface area (Å²) in [5, 5.41) is 6.35. The van der Waals surface area contributed by atoms with Gasteiger partial charge in [-0.2, -0.15) is 5.10 Å². The Hall–Kier alpha value is -2.96. The van der Waals surface area contributed by atoms with Crippen LogP contribution in [0, 0.1) is 0 Å². The van der Waals surface area contributed by atoms with Crippen molar-refractivity contribution in [1.29, 1.82) is 0 Å². The van der Waals surface area contributed by atoms with Crippen LogP contribution in [-0.4, -0.2) is 12.1 Å². The van der Waals surface area contributed by atoms with E-state index in [2.05, 4.69) is 42.4 Å². The standard InChI is InChI=1S/C26H20Br2N2O2/c27-22-13-21(26(24(28)15-22)32-17-18-7-2-1-3-8-18)16-29-30-25(31)14-20-11-6-10-19-9-4-5-12-23(19)20/h1-13,15-16H,14,17H2,(H,30,31)/b29-16-. The van der Waals surface area contributed by atoms with Gasteiger partial charge in [-0.25, -0.2) is 5.43 Å². The molecule has 4 aromatic rings. The first kappa shape index (κ1) is 22.2. The molecule has 0 saturated carbocycles. The molecule has 0 aliphatic carbocycles. The molecule has 0 fully saturated rings. The molecule has 0 aliphatic rings. The highest BCUT2D eigenvalue weighted by Crippen LogP contribution is 2.32. The Balaban J connectivity index is 1.46. The molecule has 0 heterocycles. The van der Waals surface area contributed by atoms with Crippen LogP contribution in [0.3, 0.4) is 0 Å². The summed E-state index contributed by atoms with van der Waals surface area (Å²) in [7, 11) is 0. The summed E-state index contributed by atoms with van der Waals surface area (Å²) < 4.78 is 7.71. The van der Waals surface area contributed by atoms with Gasteiger partial charge in [0.05, 0.1) is 17.1 Å². The Bertz CT molecular complexity index is 1270. The minimum atomic E-state index is -0.182. The zero-order chi connectivity index (χ0) is 22.3. The van der Waals surface area contributed by atoms with E-state index >= 15 is 0 Å². The maximum atomic E-state index is 12.5. The SMILES string of the molecule is O=C(Cc1cccc2ccccc12)N/N=C\c1cc(Br)cc(Br)c1OCc1ccccc1. The molecule has 1 N–H and O–H groups in total. The fourth-order valence-corrected chi connectivity index (χ4v) is 4.76. The van der Waals surface area contributed by atoms with E-state index in [4.69, 9.17) is 4.74 Å². The average Bonchev–Trinajstić information content (AvgIpc) is 2.79. The first-order valence-corrected chi connectivity index (χ1v) is 11.6. The van der Waals surface area contributed by atoms with E-state index in [1.807, 2.05) is 84.9 Å². The highest BCUT2D eigenvalue weighted by Gasteiger charge is 2.10. The van der Waals surface area contributed by atoms with Crippen LogP contribution >= 0.6 is 31.9 Å². The van der Waals surface area contributed by atoms with Crippen molar-refractivity contribution in [1.82, 2.24) is 5.43 Å². The Kier molecular flexibility index (Phi) is 7.35. The molecule has 0 aliphatic heterocycles. The first-order chi connectivity index (χ1) is 15.6. The number of carbonyl (C=O) groups excluding carboxylic acids is 1. The first-order valence-electron chi connectivity index (χ1n) is 10.0. The number of benzene rings is 4. The smallest absolute Gasteiger partial charge is 0.244 e. The average molecular weight is 552 g/mol. The van der Waals surface area contributed by atoms with Crippen molar-refractivity contribution in [2.24, 2.45) is 5.10 Å². The van der Waals surface area contributed by atoms with E-state index in [0.717, 1.165) is 36.4 Å². The highest BCUT2D eigenvalue weighted by atomic mass is 79.9. The van der Waals surface area contributed by atoms with Crippen LogP contribution in [-0.2, 0) is 17.8 Å². The number of nitrogens with zero attached hydrogens (tertiary/aromatic N) is 1. The van der Waals surface area contributed by atoms with Crippen LogP contribution < -0.4 is 10.2 Å². The summed E-state index contributed by atoms with van der Waals surface area (Å²) >= 11 is 7.05. The van der Waals surface area contributed by atoms with Crippen molar-refractivity contribution in [2.45, 2.75) is 13.0 Å². The van der Waals surface area contributed by atoms with Crippen molar-refractivity contribution in [3.8, 4) is 5.75 Å². The molecule has 160 valence electrons. The molecule has 6 heteroatoms. The van der Waals surface area contributed by atoms with Crippen LogP contribution in [0.5, 0.6) is 5.75 Å². The maximum Gasteiger partial charge on any atom is 0.244 e. The van der Waals surface area contributed by atoms with Crippen LogP contribution in [0.25, 0.3) is 10.8 Å². The second-order valence-electron chi connectivity index (χ2n) is 7.19. The van der Waals surface area contributed by atoms with Gasteiger partial charge in [-0.05, 0) is 50.0 Å². The van der Waals surface area contributed by atoms with E-state index in [1.165, 1.54) is 0 Å². The van der Waals surface area contributed by atoms with E-state index in [1.54, 1.807) is 6.21 Å². The predicted octanol–water partition coefficient (Wildman–Crippen LogP) is 6.64. The molecule has 1 amide bonds. The van der Waals surface area contributed by atoms with Crippen molar-refractivity contribution in [2.75, 3.05) is 0 Å². The summed E-state index contributed by atoms with van der Waals surface area (Å²) in [5.74, 6) is 0.475. The van der Waals surface area contributed by atoms with Crippen molar-refractivity contribution in [3.63, 3.8) is 0 Å². The molecular weight excluding hydrogens is 532 g/mol. The monoisotopic (exact) mass is 550 g/mol. The van der Waals surface area contributed by atoms with Gasteiger partial charge in [0, 0.05) is 10.0 Å². The summed E-state index contributed by atoms with van der Waals surface area (Å²) in [6.07, 6.45) is 1.84. The van der Waals surface area contributed by atoms with Gasteiger partial charge in [-0.15, -0.1) is 0 Å². The third-order valence-electron chi connectivity index (χ3n) is 4.89. The number of halogens is 2. The molecule has 0 saturated heterocycles. The van der Waals surface area contributed by atoms with Crippen molar-refractivity contribution in [3.05, 3.63) is 111 Å². The highest BCUT2D eigenvalue weighted by molar-refractivity contribution is 9.11. The molecule has 4 rings (SSSR count). The lowest BCUT2D eigenvalue weighted by atomic mass is 10.0. The normalized spacial score (nSPS) is 11.1. The Labute approximate surface area is 203 Å². The van der Waals surface area contributed by atoms with Crippen LogP contribution in [0.15, 0.2) is 99.0 Å². The molecular formula is C26H20Br2N2O2. The van der Waals surface area contributed by atoms with Crippen molar-refractivity contribution >= 4 is 54.8 Å². The lowest BCUT2D eigenvalue weighted by Crippen LogP contribution is -2.20. The van der Waals surface area contributed by atoms with Crippen LogP contribution in [0.2, 0.25) is 0 Å². The zero-order valence-electron chi connectivity index (χ0n) is 17.1. The van der Waals surface area contributed by atoms with Crippen LogP contribution in [0.4, 0.5) is 0 Å². The van der Waals surface area contributed by atoms with Gasteiger partial charge < -0.3 is 4.74 Å². The number of hydrazone groups is 1. The molecule has 0 radical (unpaired) electrons. The van der Waals surface area contributed by atoms with Gasteiger partial charge in [-0.3, -0.25) is 4.79 Å². The van der Waals surface area contributed by atoms with Gasteiger partial charge in [0.1, 0.15) is 12.4 Å². The topological polar surface area (TPSA) is 50.7 Å². The number of rotatable bonds is 7. The van der Waals surface area contributed by atoms with E-state index < -0.39 is 0 Å². The Morgan fingerprint density at radius 2 is 1.69 bits per heavy atom. The quantitative estimate of drug-likeness (QED) is 0.207. The van der Waals surface area contributed by atoms with Gasteiger partial charge in [0.25, 0.3) is 0 Å². The molecule has 0 unspecified atom stereocenters. The maximum absolute atomic E-state index is 12.5.